The fraction of sp³-hybridized carbons (Fsp3) is 0.429. The highest BCUT2D eigenvalue weighted by Gasteiger charge is 2.40. The summed E-state index contributed by atoms with van der Waals surface area (Å²) in [6.45, 7) is -0.806. The van der Waals surface area contributed by atoms with Crippen molar-refractivity contribution in [2.24, 2.45) is 0 Å². The molecule has 1 rings (SSSR count). The molecule has 5 nitrogen and oxygen atoms in total. The van der Waals surface area contributed by atoms with Gasteiger partial charge in [0.15, 0.2) is 6.10 Å². The van der Waals surface area contributed by atoms with E-state index in [0.29, 0.717) is 5.56 Å². The minimum atomic E-state index is -4.79. The van der Waals surface area contributed by atoms with E-state index in [0.717, 1.165) is 12.0 Å². The number of hydrogen-bond donors (Lipinski definition) is 1. The summed E-state index contributed by atoms with van der Waals surface area (Å²) in [7, 11) is 2.37. The molecule has 1 aromatic carbocycles. The van der Waals surface area contributed by atoms with Crippen molar-refractivity contribution in [3.05, 3.63) is 35.4 Å². The monoisotopic (exact) mass is 316 g/mol. The van der Waals surface area contributed by atoms with Crippen LogP contribution in [0.2, 0.25) is 0 Å². The molecule has 0 fully saturated rings. The minimum absolute atomic E-state index is 0.260. The number of nitrogens with zero attached hydrogens (tertiary/aromatic N) is 2. The fourth-order valence-corrected chi connectivity index (χ4v) is 1.94. The van der Waals surface area contributed by atoms with Gasteiger partial charge in [0.2, 0.25) is 0 Å². The smallest absolute Gasteiger partial charge is 0.415 e. The van der Waals surface area contributed by atoms with E-state index in [4.69, 9.17) is 10.4 Å². The van der Waals surface area contributed by atoms with Crippen molar-refractivity contribution in [1.29, 1.82) is 5.26 Å². The summed E-state index contributed by atoms with van der Waals surface area (Å²) in [5.41, 5.74) is 0.568. The first-order valence-corrected chi connectivity index (χ1v) is 6.23. The van der Waals surface area contributed by atoms with Crippen molar-refractivity contribution < 1.29 is 27.8 Å². The van der Waals surface area contributed by atoms with Gasteiger partial charge in [0, 0.05) is 6.54 Å². The average molecular weight is 316 g/mol. The molecule has 1 N–H and O–H groups in total. The number of benzene rings is 1. The molecule has 0 bridgehead atoms. The van der Waals surface area contributed by atoms with E-state index >= 15 is 0 Å². The van der Waals surface area contributed by atoms with Gasteiger partial charge in [-0.3, -0.25) is 4.90 Å². The summed E-state index contributed by atoms with van der Waals surface area (Å²) in [5.74, 6) is -0.785. The topological polar surface area (TPSA) is 73.6 Å². The number of esters is 1. The Labute approximate surface area is 125 Å². The molecule has 0 spiro atoms. The van der Waals surface area contributed by atoms with Crippen LogP contribution in [-0.2, 0) is 9.53 Å². The number of alkyl halides is 3. The first-order valence-electron chi connectivity index (χ1n) is 6.23. The van der Waals surface area contributed by atoms with Crippen molar-refractivity contribution in [2.75, 3.05) is 20.7 Å². The van der Waals surface area contributed by atoms with Gasteiger partial charge in [0.05, 0.1) is 18.7 Å². The van der Waals surface area contributed by atoms with Gasteiger partial charge in [0.1, 0.15) is 6.04 Å². The minimum Gasteiger partial charge on any atom is -0.468 e. The zero-order valence-corrected chi connectivity index (χ0v) is 12.0. The molecule has 22 heavy (non-hydrogen) atoms. The first-order chi connectivity index (χ1) is 10.2. The van der Waals surface area contributed by atoms with Crippen LogP contribution in [0.4, 0.5) is 13.2 Å². The zero-order valence-electron chi connectivity index (χ0n) is 12.0. The molecule has 0 amide bonds. The highest BCUT2D eigenvalue weighted by molar-refractivity contribution is 5.77. The molecule has 0 saturated heterocycles. The van der Waals surface area contributed by atoms with E-state index in [1.807, 2.05) is 6.07 Å². The second-order valence-corrected chi connectivity index (χ2v) is 4.66. The highest BCUT2D eigenvalue weighted by atomic mass is 19.4. The van der Waals surface area contributed by atoms with E-state index in [-0.39, 0.29) is 5.56 Å². The number of aliphatic hydroxyl groups is 1. The van der Waals surface area contributed by atoms with E-state index in [1.165, 1.54) is 31.3 Å². The SMILES string of the molecule is COC(=O)C(c1cccc(C#N)c1)N(C)CC(O)C(F)(F)F. The summed E-state index contributed by atoms with van der Waals surface area (Å²) in [6.07, 6.45) is -7.38. The zero-order chi connectivity index (χ0) is 16.9. The summed E-state index contributed by atoms with van der Waals surface area (Å²) in [4.78, 5) is 12.9. The van der Waals surface area contributed by atoms with E-state index in [9.17, 15) is 18.0 Å². The standard InChI is InChI=1S/C14H15F3N2O3/c1-19(8-11(20)14(15,16)17)12(13(21)22-2)10-5-3-4-9(6-10)7-18/h3-6,11-12,20H,8H2,1-2H3. The van der Waals surface area contributed by atoms with Gasteiger partial charge < -0.3 is 9.84 Å². The predicted molar refractivity (Wildman–Crippen MR) is 70.6 cm³/mol. The number of aliphatic hydroxyl groups excluding tert-OH is 1. The van der Waals surface area contributed by atoms with Crippen molar-refractivity contribution in [3.8, 4) is 6.07 Å². The number of carbonyl (C=O) groups is 1. The molecule has 2 unspecified atom stereocenters. The Hall–Kier alpha value is -2.11. The number of halogens is 3. The highest BCUT2D eigenvalue weighted by Crippen LogP contribution is 2.26. The maximum absolute atomic E-state index is 12.4. The normalized spacial score (nSPS) is 14.3. The molecule has 120 valence electrons. The van der Waals surface area contributed by atoms with Crippen molar-refractivity contribution >= 4 is 5.97 Å². The number of ether oxygens (including phenoxy) is 1. The van der Waals surface area contributed by atoms with E-state index in [2.05, 4.69) is 4.74 Å². The van der Waals surface area contributed by atoms with Gasteiger partial charge in [-0.15, -0.1) is 0 Å². The lowest BCUT2D eigenvalue weighted by Gasteiger charge is -2.28. The number of carbonyl (C=O) groups excluding carboxylic acids is 1. The van der Waals surface area contributed by atoms with Crippen molar-refractivity contribution in [3.63, 3.8) is 0 Å². The molecule has 2 atom stereocenters. The lowest BCUT2D eigenvalue weighted by molar-refractivity contribution is -0.209. The summed E-state index contributed by atoms with van der Waals surface area (Å²) in [6, 6.07) is 6.63. The van der Waals surface area contributed by atoms with Crippen LogP contribution in [0.15, 0.2) is 24.3 Å². The van der Waals surface area contributed by atoms with Crippen molar-refractivity contribution in [2.45, 2.75) is 18.3 Å². The van der Waals surface area contributed by atoms with Gasteiger partial charge >= 0.3 is 12.1 Å². The second kappa shape index (κ2) is 7.24. The number of nitriles is 1. The Kier molecular flexibility index (Phi) is 5.91. The third kappa shape index (κ3) is 4.44. The Balaban J connectivity index is 3.08. The Morgan fingerprint density at radius 2 is 2.14 bits per heavy atom. The van der Waals surface area contributed by atoms with Crippen LogP contribution < -0.4 is 0 Å². The molecule has 0 radical (unpaired) electrons. The molecule has 0 aliphatic rings. The number of hydrogen-bond acceptors (Lipinski definition) is 5. The molecule has 1 aromatic rings. The lowest BCUT2D eigenvalue weighted by Crippen LogP contribution is -2.43. The molecule has 0 aromatic heterocycles. The van der Waals surface area contributed by atoms with E-state index in [1.54, 1.807) is 0 Å². The number of rotatable bonds is 5. The van der Waals surface area contributed by atoms with Crippen LogP contribution in [0.25, 0.3) is 0 Å². The molecular formula is C14H15F3N2O3. The second-order valence-electron chi connectivity index (χ2n) is 4.66. The van der Waals surface area contributed by atoms with Crippen LogP contribution in [0, 0.1) is 11.3 Å². The van der Waals surface area contributed by atoms with Crippen LogP contribution in [-0.4, -0.2) is 49.0 Å². The average Bonchev–Trinajstić information content (AvgIpc) is 2.46. The van der Waals surface area contributed by atoms with Gasteiger partial charge in [-0.25, -0.2) is 4.79 Å². The van der Waals surface area contributed by atoms with Gasteiger partial charge in [-0.2, -0.15) is 18.4 Å². The van der Waals surface area contributed by atoms with Crippen LogP contribution in [0.5, 0.6) is 0 Å². The first kappa shape index (κ1) is 17.9. The van der Waals surface area contributed by atoms with Crippen LogP contribution >= 0.6 is 0 Å². The molecule has 0 aliphatic heterocycles. The van der Waals surface area contributed by atoms with E-state index < -0.39 is 30.8 Å². The molecule has 8 heteroatoms. The largest absolute Gasteiger partial charge is 0.468 e. The van der Waals surface area contributed by atoms with Crippen molar-refractivity contribution in [1.82, 2.24) is 4.90 Å². The summed E-state index contributed by atoms with van der Waals surface area (Å²) < 4.78 is 41.9. The van der Waals surface area contributed by atoms with Gasteiger partial charge in [0.25, 0.3) is 0 Å². The lowest BCUT2D eigenvalue weighted by atomic mass is 10.0. The van der Waals surface area contributed by atoms with Crippen LogP contribution in [0.3, 0.4) is 0 Å². The third-order valence-corrected chi connectivity index (χ3v) is 3.04. The molecular weight excluding hydrogens is 301 g/mol. The number of likely N-dealkylation sites (N-methyl/N-ethyl adjacent to an activating group) is 1. The maximum Gasteiger partial charge on any atom is 0.415 e. The summed E-state index contributed by atoms with van der Waals surface area (Å²) in [5, 5.41) is 18.0. The molecule has 0 saturated carbocycles. The summed E-state index contributed by atoms with van der Waals surface area (Å²) >= 11 is 0. The van der Waals surface area contributed by atoms with Gasteiger partial charge in [-0.1, -0.05) is 12.1 Å². The van der Waals surface area contributed by atoms with Gasteiger partial charge in [-0.05, 0) is 24.7 Å². The van der Waals surface area contributed by atoms with Crippen LogP contribution in [0.1, 0.15) is 17.2 Å². The molecule has 0 heterocycles. The Bertz CT molecular complexity index is 569. The Morgan fingerprint density at radius 3 is 2.64 bits per heavy atom. The molecule has 0 aliphatic carbocycles. The Morgan fingerprint density at radius 1 is 1.50 bits per heavy atom. The third-order valence-electron chi connectivity index (χ3n) is 3.04. The quantitative estimate of drug-likeness (QED) is 0.836. The maximum atomic E-state index is 12.4. The number of methoxy groups -OCH3 is 1. The predicted octanol–water partition coefficient (Wildman–Crippen LogP) is 1.63. The fourth-order valence-electron chi connectivity index (χ4n) is 1.94.